The van der Waals surface area contributed by atoms with Crippen LogP contribution >= 0.6 is 0 Å². The van der Waals surface area contributed by atoms with Crippen molar-refractivity contribution in [1.29, 1.82) is 0 Å². The fraction of sp³-hybridized carbons (Fsp3) is 0.432. The van der Waals surface area contributed by atoms with Gasteiger partial charge < -0.3 is 19.3 Å². The maximum atomic E-state index is 13.8. The highest BCUT2D eigenvalue weighted by Crippen LogP contribution is 2.27. The number of rotatable bonds is 11. The second-order valence-electron chi connectivity index (χ2n) is 16.0. The number of carbonyl (C=O) groups excluding carboxylic acids is 2. The minimum atomic E-state index is -0.536. The molecule has 0 radical (unpaired) electrons. The second kappa shape index (κ2) is 17.0. The Morgan fingerprint density at radius 2 is 1.27 bits per heavy atom. The molecule has 0 unspecified atom stereocenters. The highest BCUT2D eigenvalue weighted by atomic mass is 16.6. The summed E-state index contributed by atoms with van der Waals surface area (Å²) in [7, 11) is 0. The standard InChI is InChI=1S/C44H55N3O4/c1-43(2,3)32-50-40-25-23-38(24-26-40)41(48)46(30-35-12-11-27-45-28-35)29-33-15-19-36(20-16-33)37-21-17-34(18-22-37)31-47(42(49)51-44(4,5)6)39-13-9-7-8-10-14-39/h11-12,15-28,39H,7-10,13-14,29-32H2,1-6H3. The maximum Gasteiger partial charge on any atom is 0.410 e. The molecule has 2 amide bonds. The molecule has 3 aromatic carbocycles. The van der Waals surface area contributed by atoms with Crippen LogP contribution < -0.4 is 4.74 Å². The van der Waals surface area contributed by atoms with Crippen LogP contribution in [0.1, 0.15) is 107 Å². The van der Waals surface area contributed by atoms with E-state index in [9.17, 15) is 9.59 Å². The van der Waals surface area contributed by atoms with E-state index in [2.05, 4.69) is 74.3 Å². The molecular formula is C44H55N3O4. The summed E-state index contributed by atoms with van der Waals surface area (Å²) in [5.74, 6) is 0.703. The number of ether oxygens (including phenoxy) is 2. The SMILES string of the molecule is CC(C)(C)COc1ccc(C(=O)N(Cc2ccc(-c3ccc(CN(C(=O)OC(C)(C)C)C4CCCCCC4)cc3)cc2)Cc2cccnc2)cc1. The molecule has 0 bridgehead atoms. The number of nitrogens with zero attached hydrogens (tertiary/aromatic N) is 3. The normalized spacial score (nSPS) is 14.0. The minimum Gasteiger partial charge on any atom is -0.493 e. The number of hydrogen-bond donors (Lipinski definition) is 0. The molecule has 1 aliphatic carbocycles. The quantitative estimate of drug-likeness (QED) is 0.147. The molecule has 4 aromatic rings. The van der Waals surface area contributed by atoms with Crippen LogP contribution in [-0.2, 0) is 24.4 Å². The van der Waals surface area contributed by atoms with Crippen molar-refractivity contribution < 1.29 is 19.1 Å². The van der Waals surface area contributed by atoms with Crippen molar-refractivity contribution >= 4 is 12.0 Å². The molecular weight excluding hydrogens is 635 g/mol. The number of benzene rings is 3. The molecule has 1 heterocycles. The average molecular weight is 690 g/mol. The van der Waals surface area contributed by atoms with Crippen molar-refractivity contribution in [2.75, 3.05) is 6.61 Å². The topological polar surface area (TPSA) is 72.0 Å². The van der Waals surface area contributed by atoms with E-state index in [1.165, 1.54) is 12.8 Å². The van der Waals surface area contributed by atoms with Crippen LogP contribution in [0.2, 0.25) is 0 Å². The van der Waals surface area contributed by atoms with Gasteiger partial charge in [-0.1, -0.05) is 101 Å². The zero-order chi connectivity index (χ0) is 36.4. The molecule has 0 spiro atoms. The first-order chi connectivity index (χ1) is 24.3. The summed E-state index contributed by atoms with van der Waals surface area (Å²) in [5, 5.41) is 0. The molecule has 5 rings (SSSR count). The predicted molar refractivity (Wildman–Crippen MR) is 204 cm³/mol. The molecule has 0 aliphatic heterocycles. The third-order valence-corrected chi connectivity index (χ3v) is 9.02. The van der Waals surface area contributed by atoms with Gasteiger partial charge in [-0.05, 0) is 97.2 Å². The fourth-order valence-electron chi connectivity index (χ4n) is 6.34. The van der Waals surface area contributed by atoms with Crippen LogP contribution in [0, 0.1) is 5.41 Å². The number of amides is 2. The number of aromatic nitrogens is 1. The van der Waals surface area contributed by atoms with Crippen molar-refractivity contribution in [3.05, 3.63) is 120 Å². The molecule has 0 atom stereocenters. The Labute approximate surface area is 305 Å². The number of pyridine rings is 1. The monoisotopic (exact) mass is 689 g/mol. The molecule has 0 N–H and O–H groups in total. The Kier molecular flexibility index (Phi) is 12.6. The molecule has 1 aromatic heterocycles. The van der Waals surface area contributed by atoms with E-state index in [1.54, 1.807) is 12.4 Å². The van der Waals surface area contributed by atoms with Gasteiger partial charge in [0.1, 0.15) is 11.4 Å². The summed E-state index contributed by atoms with van der Waals surface area (Å²) >= 11 is 0. The molecule has 7 heteroatoms. The van der Waals surface area contributed by atoms with Gasteiger partial charge in [-0.15, -0.1) is 0 Å². The summed E-state index contributed by atoms with van der Waals surface area (Å²) in [4.78, 5) is 35.2. The van der Waals surface area contributed by atoms with Gasteiger partial charge in [-0.2, -0.15) is 0 Å². The van der Waals surface area contributed by atoms with Gasteiger partial charge in [0.05, 0.1) is 6.61 Å². The van der Waals surface area contributed by atoms with E-state index in [0.717, 1.165) is 59.3 Å². The van der Waals surface area contributed by atoms with Gasteiger partial charge in [0.2, 0.25) is 0 Å². The smallest absolute Gasteiger partial charge is 0.410 e. The minimum absolute atomic E-state index is 0.0485. The van der Waals surface area contributed by atoms with Crippen molar-refractivity contribution in [3.8, 4) is 16.9 Å². The summed E-state index contributed by atoms with van der Waals surface area (Å²) in [6.07, 6.45) is 10.1. The second-order valence-corrected chi connectivity index (χ2v) is 16.0. The third kappa shape index (κ3) is 11.7. The van der Waals surface area contributed by atoms with Crippen molar-refractivity contribution in [2.45, 2.75) is 111 Å². The first-order valence-corrected chi connectivity index (χ1v) is 18.4. The van der Waals surface area contributed by atoms with Gasteiger partial charge in [0.25, 0.3) is 5.91 Å². The fourth-order valence-corrected chi connectivity index (χ4v) is 6.34. The molecule has 1 fully saturated rings. The van der Waals surface area contributed by atoms with Crippen LogP contribution in [-0.4, -0.2) is 45.0 Å². The van der Waals surface area contributed by atoms with Gasteiger partial charge in [-0.3, -0.25) is 9.78 Å². The lowest BCUT2D eigenvalue weighted by atomic mass is 9.99. The lowest BCUT2D eigenvalue weighted by molar-refractivity contribution is 0.0123. The summed E-state index contributed by atoms with van der Waals surface area (Å²) < 4.78 is 11.8. The molecule has 1 saturated carbocycles. The van der Waals surface area contributed by atoms with E-state index in [4.69, 9.17) is 9.47 Å². The maximum absolute atomic E-state index is 13.8. The van der Waals surface area contributed by atoms with Gasteiger partial charge in [0, 0.05) is 43.6 Å². The first kappa shape index (κ1) is 37.6. The van der Waals surface area contributed by atoms with E-state index < -0.39 is 5.60 Å². The van der Waals surface area contributed by atoms with Crippen LogP contribution in [0.5, 0.6) is 5.75 Å². The van der Waals surface area contributed by atoms with Crippen molar-refractivity contribution in [1.82, 2.24) is 14.8 Å². The molecule has 51 heavy (non-hydrogen) atoms. The zero-order valence-corrected chi connectivity index (χ0v) is 31.4. The van der Waals surface area contributed by atoms with E-state index >= 15 is 0 Å². The predicted octanol–water partition coefficient (Wildman–Crippen LogP) is 10.5. The van der Waals surface area contributed by atoms with Crippen LogP contribution in [0.3, 0.4) is 0 Å². The summed E-state index contributed by atoms with van der Waals surface area (Å²) in [6.45, 7) is 14.2. The van der Waals surface area contributed by atoms with Gasteiger partial charge in [0.15, 0.2) is 0 Å². The van der Waals surface area contributed by atoms with E-state index in [0.29, 0.717) is 31.8 Å². The first-order valence-electron chi connectivity index (χ1n) is 18.4. The lowest BCUT2D eigenvalue weighted by Crippen LogP contribution is -2.42. The van der Waals surface area contributed by atoms with Crippen molar-refractivity contribution in [2.24, 2.45) is 5.41 Å². The Bertz CT molecular complexity index is 1680. The molecule has 270 valence electrons. The third-order valence-electron chi connectivity index (χ3n) is 9.02. The zero-order valence-electron chi connectivity index (χ0n) is 31.4. The van der Waals surface area contributed by atoms with Crippen LogP contribution in [0.4, 0.5) is 4.79 Å². The van der Waals surface area contributed by atoms with Gasteiger partial charge >= 0.3 is 6.09 Å². The lowest BCUT2D eigenvalue weighted by Gasteiger charge is -2.33. The molecule has 1 aliphatic rings. The number of hydrogen-bond acceptors (Lipinski definition) is 5. The van der Waals surface area contributed by atoms with E-state index in [1.807, 2.05) is 67.0 Å². The Balaban J connectivity index is 1.27. The Morgan fingerprint density at radius 1 is 0.706 bits per heavy atom. The number of carbonyl (C=O) groups is 2. The van der Waals surface area contributed by atoms with Gasteiger partial charge in [-0.25, -0.2) is 4.79 Å². The van der Waals surface area contributed by atoms with Crippen molar-refractivity contribution in [3.63, 3.8) is 0 Å². The average Bonchev–Trinajstić information content (AvgIpc) is 3.39. The summed E-state index contributed by atoms with van der Waals surface area (Å²) in [5.41, 5.74) is 5.41. The highest BCUT2D eigenvalue weighted by molar-refractivity contribution is 5.94. The molecule has 7 nitrogen and oxygen atoms in total. The van der Waals surface area contributed by atoms with Crippen LogP contribution in [0.25, 0.3) is 11.1 Å². The summed E-state index contributed by atoms with van der Waals surface area (Å²) in [6, 6.07) is 28.4. The largest absolute Gasteiger partial charge is 0.493 e. The van der Waals surface area contributed by atoms with E-state index in [-0.39, 0.29) is 23.5 Å². The molecule has 0 saturated heterocycles. The highest BCUT2D eigenvalue weighted by Gasteiger charge is 2.29. The Hall–Kier alpha value is -4.65. The van der Waals surface area contributed by atoms with Crippen LogP contribution in [0.15, 0.2) is 97.3 Å². The Morgan fingerprint density at radius 3 is 1.80 bits per heavy atom.